The molecule has 0 radical (unpaired) electrons. The van der Waals surface area contributed by atoms with E-state index in [-0.39, 0.29) is 5.60 Å². The van der Waals surface area contributed by atoms with Crippen molar-refractivity contribution in [3.8, 4) is 0 Å². The SMILES string of the molecule is C=CCC1(CC=C)CC(C)(C)CCO1. The van der Waals surface area contributed by atoms with E-state index in [0.717, 1.165) is 32.3 Å². The molecular formula is C13H22O. The molecule has 14 heavy (non-hydrogen) atoms. The van der Waals surface area contributed by atoms with E-state index in [0.29, 0.717) is 5.41 Å². The van der Waals surface area contributed by atoms with Crippen molar-refractivity contribution in [2.45, 2.75) is 45.1 Å². The molecule has 0 aromatic rings. The Morgan fingerprint density at radius 2 is 1.79 bits per heavy atom. The zero-order chi connectivity index (χ0) is 10.7. The van der Waals surface area contributed by atoms with Crippen LogP contribution >= 0.6 is 0 Å². The van der Waals surface area contributed by atoms with Crippen LogP contribution in [0.4, 0.5) is 0 Å². The minimum atomic E-state index is -0.0226. The van der Waals surface area contributed by atoms with Crippen molar-refractivity contribution in [1.29, 1.82) is 0 Å². The fourth-order valence-electron chi connectivity index (χ4n) is 2.43. The Morgan fingerprint density at radius 3 is 2.21 bits per heavy atom. The summed E-state index contributed by atoms with van der Waals surface area (Å²) in [6.07, 6.45) is 8.06. The van der Waals surface area contributed by atoms with Crippen LogP contribution < -0.4 is 0 Å². The Hall–Kier alpha value is -0.560. The van der Waals surface area contributed by atoms with Crippen LogP contribution in [0.5, 0.6) is 0 Å². The summed E-state index contributed by atoms with van der Waals surface area (Å²) in [5, 5.41) is 0. The quantitative estimate of drug-likeness (QED) is 0.620. The topological polar surface area (TPSA) is 9.23 Å². The molecule has 0 bridgehead atoms. The van der Waals surface area contributed by atoms with Crippen LogP contribution in [-0.2, 0) is 4.74 Å². The molecule has 0 spiro atoms. The van der Waals surface area contributed by atoms with Crippen molar-refractivity contribution in [3.63, 3.8) is 0 Å². The van der Waals surface area contributed by atoms with E-state index in [2.05, 4.69) is 27.0 Å². The maximum Gasteiger partial charge on any atom is 0.0755 e. The zero-order valence-corrected chi connectivity index (χ0v) is 9.51. The highest BCUT2D eigenvalue weighted by molar-refractivity contribution is 4.98. The van der Waals surface area contributed by atoms with Crippen molar-refractivity contribution < 1.29 is 4.74 Å². The monoisotopic (exact) mass is 194 g/mol. The van der Waals surface area contributed by atoms with Crippen molar-refractivity contribution >= 4 is 0 Å². The molecule has 1 rings (SSSR count). The third-order valence-corrected chi connectivity index (χ3v) is 3.02. The lowest BCUT2D eigenvalue weighted by atomic mass is 9.73. The fourth-order valence-corrected chi connectivity index (χ4v) is 2.43. The van der Waals surface area contributed by atoms with E-state index in [4.69, 9.17) is 4.74 Å². The van der Waals surface area contributed by atoms with Gasteiger partial charge in [0.2, 0.25) is 0 Å². The Kier molecular flexibility index (Phi) is 3.54. The lowest BCUT2D eigenvalue weighted by molar-refractivity contribution is -0.114. The van der Waals surface area contributed by atoms with Gasteiger partial charge in [0.05, 0.1) is 5.60 Å². The molecule has 0 aliphatic carbocycles. The third-order valence-electron chi connectivity index (χ3n) is 3.02. The van der Waals surface area contributed by atoms with Gasteiger partial charge in [-0.25, -0.2) is 0 Å². The summed E-state index contributed by atoms with van der Waals surface area (Å²) in [5.74, 6) is 0. The molecule has 0 aromatic carbocycles. The van der Waals surface area contributed by atoms with Gasteiger partial charge < -0.3 is 4.74 Å². The van der Waals surface area contributed by atoms with E-state index in [9.17, 15) is 0 Å². The van der Waals surface area contributed by atoms with Crippen molar-refractivity contribution in [3.05, 3.63) is 25.3 Å². The summed E-state index contributed by atoms with van der Waals surface area (Å²) in [6.45, 7) is 13.1. The zero-order valence-electron chi connectivity index (χ0n) is 9.51. The average Bonchev–Trinajstić information content (AvgIpc) is 2.02. The van der Waals surface area contributed by atoms with E-state index >= 15 is 0 Å². The normalized spacial score (nSPS) is 24.1. The smallest absolute Gasteiger partial charge is 0.0755 e. The Balaban J connectivity index is 2.75. The second kappa shape index (κ2) is 4.31. The predicted octanol–water partition coefficient (Wildman–Crippen LogP) is 3.71. The molecule has 1 heterocycles. The van der Waals surface area contributed by atoms with Crippen molar-refractivity contribution in [2.75, 3.05) is 6.61 Å². The van der Waals surface area contributed by atoms with Crippen molar-refractivity contribution in [2.24, 2.45) is 5.41 Å². The highest BCUT2D eigenvalue weighted by Crippen LogP contribution is 2.42. The molecule has 0 saturated carbocycles. The number of hydrogen-bond donors (Lipinski definition) is 0. The second-order valence-electron chi connectivity index (χ2n) is 5.11. The first-order valence-electron chi connectivity index (χ1n) is 5.39. The van der Waals surface area contributed by atoms with Crippen molar-refractivity contribution in [1.82, 2.24) is 0 Å². The Bertz CT molecular complexity index is 205. The summed E-state index contributed by atoms with van der Waals surface area (Å²) < 4.78 is 5.94. The molecule has 1 aliphatic rings. The molecule has 1 nitrogen and oxygen atoms in total. The maximum atomic E-state index is 5.94. The molecule has 0 amide bonds. The first kappa shape index (κ1) is 11.5. The van der Waals surface area contributed by atoms with Gasteiger partial charge in [0.1, 0.15) is 0 Å². The Morgan fingerprint density at radius 1 is 1.21 bits per heavy atom. The van der Waals surface area contributed by atoms with E-state index in [1.165, 1.54) is 0 Å². The molecule has 0 N–H and O–H groups in total. The highest BCUT2D eigenvalue weighted by atomic mass is 16.5. The Labute approximate surface area is 87.8 Å². The summed E-state index contributed by atoms with van der Waals surface area (Å²) in [7, 11) is 0. The molecule has 1 saturated heterocycles. The van der Waals surface area contributed by atoms with Crippen LogP contribution in [-0.4, -0.2) is 12.2 Å². The molecule has 0 aromatic heterocycles. The molecule has 1 aliphatic heterocycles. The number of hydrogen-bond acceptors (Lipinski definition) is 1. The lowest BCUT2D eigenvalue weighted by Crippen LogP contribution is -2.42. The summed E-state index contributed by atoms with van der Waals surface area (Å²) in [5.41, 5.74) is 0.371. The molecular weight excluding hydrogens is 172 g/mol. The van der Waals surface area contributed by atoms with E-state index < -0.39 is 0 Å². The fraction of sp³-hybridized carbons (Fsp3) is 0.692. The van der Waals surface area contributed by atoms with Crippen LogP contribution in [0.2, 0.25) is 0 Å². The van der Waals surface area contributed by atoms with Crippen LogP contribution in [0.1, 0.15) is 39.5 Å². The van der Waals surface area contributed by atoms with Gasteiger partial charge in [-0.15, -0.1) is 13.2 Å². The maximum absolute atomic E-state index is 5.94. The number of rotatable bonds is 4. The second-order valence-corrected chi connectivity index (χ2v) is 5.11. The molecule has 1 fully saturated rings. The van der Waals surface area contributed by atoms with E-state index in [1.807, 2.05) is 12.2 Å². The summed E-state index contributed by atoms with van der Waals surface area (Å²) >= 11 is 0. The van der Waals surface area contributed by atoms with Gasteiger partial charge >= 0.3 is 0 Å². The van der Waals surface area contributed by atoms with Gasteiger partial charge in [0.15, 0.2) is 0 Å². The van der Waals surface area contributed by atoms with Gasteiger partial charge in [-0.3, -0.25) is 0 Å². The molecule has 0 atom stereocenters. The van der Waals surface area contributed by atoms with Crippen LogP contribution in [0.25, 0.3) is 0 Å². The predicted molar refractivity (Wildman–Crippen MR) is 61.3 cm³/mol. The van der Waals surface area contributed by atoms with E-state index in [1.54, 1.807) is 0 Å². The van der Waals surface area contributed by atoms with Crippen LogP contribution in [0, 0.1) is 5.41 Å². The summed E-state index contributed by atoms with van der Waals surface area (Å²) in [4.78, 5) is 0. The number of ether oxygens (including phenoxy) is 1. The molecule has 1 heteroatoms. The van der Waals surface area contributed by atoms with Gasteiger partial charge in [0, 0.05) is 6.61 Å². The standard InChI is InChI=1S/C13H22O/c1-5-7-13(8-6-2)11-12(3,4)9-10-14-13/h5-6H,1-2,7-11H2,3-4H3. The minimum absolute atomic E-state index is 0.0226. The largest absolute Gasteiger partial charge is 0.374 e. The molecule has 80 valence electrons. The minimum Gasteiger partial charge on any atom is -0.374 e. The summed E-state index contributed by atoms with van der Waals surface area (Å²) in [6, 6.07) is 0. The molecule has 0 unspecified atom stereocenters. The van der Waals surface area contributed by atoms with Gasteiger partial charge in [-0.05, 0) is 31.1 Å². The van der Waals surface area contributed by atoms with Gasteiger partial charge in [-0.1, -0.05) is 26.0 Å². The third kappa shape index (κ3) is 2.71. The van der Waals surface area contributed by atoms with Gasteiger partial charge in [0.25, 0.3) is 0 Å². The highest BCUT2D eigenvalue weighted by Gasteiger charge is 2.39. The lowest BCUT2D eigenvalue weighted by Gasteiger charge is -2.44. The van der Waals surface area contributed by atoms with Gasteiger partial charge in [-0.2, -0.15) is 0 Å². The van der Waals surface area contributed by atoms with Crippen LogP contribution in [0.3, 0.4) is 0 Å². The average molecular weight is 194 g/mol. The first-order chi connectivity index (χ1) is 6.54. The van der Waals surface area contributed by atoms with Crippen LogP contribution in [0.15, 0.2) is 25.3 Å². The first-order valence-corrected chi connectivity index (χ1v) is 5.39.